The fourth-order valence-corrected chi connectivity index (χ4v) is 3.24. The SMILES string of the molecule is COc1cccc(-c2ccc(CNC(=O)N3CCC(C(=O)O)CC3)cc2)c1. The Balaban J connectivity index is 1.53. The van der Waals surface area contributed by atoms with E-state index in [1.165, 1.54) is 0 Å². The number of carboxylic acids is 1. The molecule has 6 nitrogen and oxygen atoms in total. The Kier molecular flexibility index (Phi) is 5.96. The Morgan fingerprint density at radius 3 is 2.44 bits per heavy atom. The summed E-state index contributed by atoms with van der Waals surface area (Å²) in [5.41, 5.74) is 3.17. The Morgan fingerprint density at radius 2 is 1.81 bits per heavy atom. The first-order chi connectivity index (χ1) is 13.1. The monoisotopic (exact) mass is 368 g/mol. The predicted molar refractivity (Wildman–Crippen MR) is 103 cm³/mol. The van der Waals surface area contributed by atoms with Crippen LogP contribution in [0.4, 0.5) is 4.79 Å². The minimum absolute atomic E-state index is 0.143. The first-order valence-electron chi connectivity index (χ1n) is 9.06. The van der Waals surface area contributed by atoms with Gasteiger partial charge in [0.1, 0.15) is 5.75 Å². The number of nitrogens with one attached hydrogen (secondary N) is 1. The number of hydrogen-bond donors (Lipinski definition) is 2. The van der Waals surface area contributed by atoms with Gasteiger partial charge in [0, 0.05) is 19.6 Å². The Morgan fingerprint density at radius 1 is 1.11 bits per heavy atom. The number of carbonyl (C=O) groups excluding carboxylic acids is 1. The van der Waals surface area contributed by atoms with Crippen LogP contribution in [-0.2, 0) is 11.3 Å². The first kappa shape index (κ1) is 18.8. The molecule has 0 atom stereocenters. The lowest BCUT2D eigenvalue weighted by Gasteiger charge is -2.30. The molecular weight excluding hydrogens is 344 g/mol. The van der Waals surface area contributed by atoms with E-state index in [0.29, 0.717) is 32.5 Å². The van der Waals surface area contributed by atoms with Gasteiger partial charge in [0.25, 0.3) is 0 Å². The summed E-state index contributed by atoms with van der Waals surface area (Å²) in [7, 11) is 1.65. The number of benzene rings is 2. The molecule has 0 spiro atoms. The number of aliphatic carboxylic acids is 1. The molecule has 0 bridgehead atoms. The van der Waals surface area contributed by atoms with Crippen LogP contribution >= 0.6 is 0 Å². The van der Waals surface area contributed by atoms with Crippen molar-refractivity contribution in [2.24, 2.45) is 5.92 Å². The minimum atomic E-state index is -0.772. The molecule has 3 rings (SSSR count). The summed E-state index contributed by atoms with van der Waals surface area (Å²) in [6.45, 7) is 1.41. The molecule has 2 aromatic rings. The Hall–Kier alpha value is -3.02. The molecule has 142 valence electrons. The number of rotatable bonds is 5. The first-order valence-corrected chi connectivity index (χ1v) is 9.06. The topological polar surface area (TPSA) is 78.9 Å². The number of carboxylic acid groups (broad SMARTS) is 1. The summed E-state index contributed by atoms with van der Waals surface area (Å²) in [4.78, 5) is 24.9. The largest absolute Gasteiger partial charge is 0.497 e. The van der Waals surface area contributed by atoms with E-state index in [9.17, 15) is 9.59 Å². The summed E-state index contributed by atoms with van der Waals surface area (Å²) in [5, 5.41) is 11.9. The number of hydrogen-bond acceptors (Lipinski definition) is 3. The van der Waals surface area contributed by atoms with Gasteiger partial charge < -0.3 is 20.1 Å². The van der Waals surface area contributed by atoms with Crippen molar-refractivity contribution in [1.29, 1.82) is 0 Å². The second-order valence-electron chi connectivity index (χ2n) is 6.69. The summed E-state index contributed by atoms with van der Waals surface area (Å²) in [6.07, 6.45) is 1.02. The molecule has 0 saturated carbocycles. The maximum atomic E-state index is 12.3. The highest BCUT2D eigenvalue weighted by atomic mass is 16.5. The van der Waals surface area contributed by atoms with Crippen molar-refractivity contribution in [3.63, 3.8) is 0 Å². The molecule has 1 heterocycles. The smallest absolute Gasteiger partial charge is 0.317 e. The van der Waals surface area contributed by atoms with Gasteiger partial charge >= 0.3 is 12.0 Å². The third kappa shape index (κ3) is 4.78. The lowest BCUT2D eigenvalue weighted by atomic mass is 9.97. The zero-order chi connectivity index (χ0) is 19.2. The number of urea groups is 1. The molecule has 1 aliphatic rings. The van der Waals surface area contributed by atoms with E-state index in [1.807, 2.05) is 48.5 Å². The van der Waals surface area contributed by atoms with Crippen molar-refractivity contribution >= 4 is 12.0 Å². The fraction of sp³-hybridized carbons (Fsp3) is 0.333. The number of nitrogens with zero attached hydrogens (tertiary/aromatic N) is 1. The number of carbonyl (C=O) groups is 2. The van der Waals surface area contributed by atoms with E-state index in [0.717, 1.165) is 22.4 Å². The van der Waals surface area contributed by atoms with Gasteiger partial charge in [-0.15, -0.1) is 0 Å². The molecule has 0 radical (unpaired) electrons. The molecule has 0 aromatic heterocycles. The average molecular weight is 368 g/mol. The second-order valence-corrected chi connectivity index (χ2v) is 6.69. The van der Waals surface area contributed by atoms with Crippen LogP contribution in [0.2, 0.25) is 0 Å². The van der Waals surface area contributed by atoms with Crippen LogP contribution in [0.25, 0.3) is 11.1 Å². The quantitative estimate of drug-likeness (QED) is 0.848. The predicted octanol–water partition coefficient (Wildman–Crippen LogP) is 3.37. The van der Waals surface area contributed by atoms with Gasteiger partial charge in [-0.25, -0.2) is 4.79 Å². The van der Waals surface area contributed by atoms with Gasteiger partial charge in [0.05, 0.1) is 13.0 Å². The second kappa shape index (κ2) is 8.58. The highest BCUT2D eigenvalue weighted by Crippen LogP contribution is 2.24. The van der Waals surface area contributed by atoms with Gasteiger partial charge in [-0.2, -0.15) is 0 Å². The molecule has 0 aliphatic carbocycles. The third-order valence-electron chi connectivity index (χ3n) is 4.93. The number of likely N-dealkylation sites (tertiary alicyclic amines) is 1. The van der Waals surface area contributed by atoms with E-state index in [2.05, 4.69) is 5.32 Å². The van der Waals surface area contributed by atoms with Crippen molar-refractivity contribution in [1.82, 2.24) is 10.2 Å². The van der Waals surface area contributed by atoms with Crippen LogP contribution in [0.3, 0.4) is 0 Å². The molecular formula is C21H24N2O4. The maximum Gasteiger partial charge on any atom is 0.317 e. The number of piperidine rings is 1. The lowest BCUT2D eigenvalue weighted by molar-refractivity contribution is -0.143. The molecule has 27 heavy (non-hydrogen) atoms. The zero-order valence-electron chi connectivity index (χ0n) is 15.4. The molecule has 0 unspecified atom stereocenters. The molecule has 6 heteroatoms. The molecule has 2 amide bonds. The van der Waals surface area contributed by atoms with Gasteiger partial charge in [0.2, 0.25) is 0 Å². The number of amides is 2. The van der Waals surface area contributed by atoms with E-state index < -0.39 is 5.97 Å². The zero-order valence-corrected chi connectivity index (χ0v) is 15.4. The minimum Gasteiger partial charge on any atom is -0.497 e. The molecule has 2 N–H and O–H groups in total. The normalized spacial score (nSPS) is 14.6. The molecule has 1 aliphatic heterocycles. The van der Waals surface area contributed by atoms with Crippen LogP contribution in [0.1, 0.15) is 18.4 Å². The summed E-state index contributed by atoms with van der Waals surface area (Å²) in [6, 6.07) is 15.8. The van der Waals surface area contributed by atoms with Crippen LogP contribution in [0.5, 0.6) is 5.75 Å². The highest BCUT2D eigenvalue weighted by molar-refractivity contribution is 5.75. The van der Waals surface area contributed by atoms with Crippen LogP contribution in [0, 0.1) is 5.92 Å². The maximum absolute atomic E-state index is 12.3. The van der Waals surface area contributed by atoms with Crippen LogP contribution in [0.15, 0.2) is 48.5 Å². The molecule has 1 saturated heterocycles. The van der Waals surface area contributed by atoms with E-state index in [1.54, 1.807) is 12.0 Å². The van der Waals surface area contributed by atoms with Crippen molar-refractivity contribution in [2.75, 3.05) is 20.2 Å². The van der Waals surface area contributed by atoms with Crippen LogP contribution < -0.4 is 10.1 Å². The van der Waals surface area contributed by atoms with Gasteiger partial charge in [-0.3, -0.25) is 4.79 Å². The summed E-state index contributed by atoms with van der Waals surface area (Å²) >= 11 is 0. The van der Waals surface area contributed by atoms with Gasteiger partial charge in [0.15, 0.2) is 0 Å². The summed E-state index contributed by atoms with van der Waals surface area (Å²) < 4.78 is 5.26. The van der Waals surface area contributed by atoms with Crippen LogP contribution in [-0.4, -0.2) is 42.2 Å². The number of ether oxygens (including phenoxy) is 1. The summed E-state index contributed by atoms with van der Waals surface area (Å²) in [5.74, 6) is -0.292. The molecule has 1 fully saturated rings. The number of methoxy groups -OCH3 is 1. The van der Waals surface area contributed by atoms with Crippen molar-refractivity contribution < 1.29 is 19.4 Å². The average Bonchev–Trinajstić information content (AvgIpc) is 2.72. The van der Waals surface area contributed by atoms with Crippen molar-refractivity contribution in [2.45, 2.75) is 19.4 Å². The fourth-order valence-electron chi connectivity index (χ4n) is 3.24. The lowest BCUT2D eigenvalue weighted by Crippen LogP contribution is -2.45. The Labute approximate surface area is 158 Å². The van der Waals surface area contributed by atoms with E-state index in [-0.39, 0.29) is 11.9 Å². The van der Waals surface area contributed by atoms with E-state index >= 15 is 0 Å². The highest BCUT2D eigenvalue weighted by Gasteiger charge is 2.26. The van der Waals surface area contributed by atoms with Crippen molar-refractivity contribution in [3.8, 4) is 16.9 Å². The third-order valence-corrected chi connectivity index (χ3v) is 4.93. The van der Waals surface area contributed by atoms with Gasteiger partial charge in [-0.05, 0) is 41.7 Å². The van der Waals surface area contributed by atoms with Crippen molar-refractivity contribution in [3.05, 3.63) is 54.1 Å². The van der Waals surface area contributed by atoms with E-state index in [4.69, 9.17) is 9.84 Å². The standard InChI is InChI=1S/C21H24N2O4/c1-27-19-4-2-3-18(13-19)16-7-5-15(6-8-16)14-22-21(26)23-11-9-17(10-12-23)20(24)25/h2-8,13,17H,9-12,14H2,1H3,(H,22,26)(H,24,25). The molecule has 2 aromatic carbocycles. The Bertz CT molecular complexity index is 796. The van der Waals surface area contributed by atoms with Gasteiger partial charge in [-0.1, -0.05) is 36.4 Å².